The van der Waals surface area contributed by atoms with Crippen molar-refractivity contribution in [2.24, 2.45) is 0 Å². The number of thioether (sulfide) groups is 1. The van der Waals surface area contributed by atoms with Gasteiger partial charge in [0.05, 0.1) is 4.47 Å². The third kappa shape index (κ3) is 6.77. The van der Waals surface area contributed by atoms with Gasteiger partial charge < -0.3 is 14.6 Å². The Labute approximate surface area is 163 Å². The second-order valence-electron chi connectivity index (χ2n) is 7.15. The summed E-state index contributed by atoms with van der Waals surface area (Å²) in [7, 11) is -1.07. The molecule has 0 unspecified atom stereocenters. The first-order valence-electron chi connectivity index (χ1n) is 8.36. The minimum atomic E-state index is -1.07. The van der Waals surface area contributed by atoms with Crippen LogP contribution in [0.15, 0.2) is 27.8 Å². The number of pyridine rings is 1. The summed E-state index contributed by atoms with van der Waals surface area (Å²) in [6.07, 6.45) is 2.02. The van der Waals surface area contributed by atoms with E-state index in [1.54, 1.807) is 11.8 Å². The molecule has 0 radical (unpaired) electrons. The predicted octanol–water partition coefficient (Wildman–Crippen LogP) is 4.34. The van der Waals surface area contributed by atoms with Crippen molar-refractivity contribution in [2.45, 2.75) is 44.4 Å². The van der Waals surface area contributed by atoms with E-state index in [0.717, 1.165) is 38.9 Å². The summed E-state index contributed by atoms with van der Waals surface area (Å²) in [5.41, 5.74) is 0.929. The fourth-order valence-corrected chi connectivity index (χ4v) is 4.37. The molecule has 2 aromatic heterocycles. The number of aromatic nitrogens is 2. The Bertz CT molecular complexity index is 730. The van der Waals surface area contributed by atoms with Gasteiger partial charge in [0.25, 0.3) is 0 Å². The van der Waals surface area contributed by atoms with Gasteiger partial charge in [-0.25, -0.2) is 4.98 Å². The van der Waals surface area contributed by atoms with Gasteiger partial charge in [0, 0.05) is 45.5 Å². The highest BCUT2D eigenvalue weighted by Gasteiger charge is 2.13. The Balaban J connectivity index is 2.00. The summed E-state index contributed by atoms with van der Waals surface area (Å²) in [6.45, 7) is 10.5. The fourth-order valence-electron chi connectivity index (χ4n) is 2.19. The molecule has 25 heavy (non-hydrogen) atoms. The smallest absolute Gasteiger partial charge is 0.216 e. The van der Waals surface area contributed by atoms with E-state index in [4.69, 9.17) is 9.72 Å². The lowest BCUT2D eigenvalue weighted by Crippen LogP contribution is -2.22. The first kappa shape index (κ1) is 20.5. The minimum absolute atomic E-state index is 0.00702. The molecule has 2 rings (SSSR count). The summed E-state index contributed by atoms with van der Waals surface area (Å²) in [6, 6.07) is 5.30. The fraction of sp³-hybridized carbons (Fsp3) is 0.529. The van der Waals surface area contributed by atoms with Gasteiger partial charge in [-0.15, -0.1) is 11.8 Å². The lowest BCUT2D eigenvalue weighted by Gasteiger charge is -2.15. The molecule has 8 heteroatoms. The number of nitrogens with one attached hydrogen (secondary N) is 1. The zero-order chi connectivity index (χ0) is 18.4. The lowest BCUT2D eigenvalue weighted by atomic mass is 10.3. The van der Waals surface area contributed by atoms with Crippen LogP contribution in [0.25, 0.3) is 11.0 Å². The van der Waals surface area contributed by atoms with Crippen LogP contribution in [0.1, 0.15) is 6.92 Å². The third-order valence-corrected chi connectivity index (χ3v) is 7.16. The van der Waals surface area contributed by atoms with Crippen molar-refractivity contribution >= 4 is 52.7 Å². The molecule has 0 aliphatic rings. The Morgan fingerprint density at radius 3 is 2.88 bits per heavy atom. The van der Waals surface area contributed by atoms with Crippen LogP contribution in [0, 0.1) is 0 Å². The second kappa shape index (κ2) is 9.20. The number of rotatable bonds is 9. The number of hydrogen-bond donors (Lipinski definition) is 1. The molecule has 0 fully saturated rings. The van der Waals surface area contributed by atoms with Crippen LogP contribution >= 0.6 is 27.7 Å². The van der Waals surface area contributed by atoms with E-state index in [0.29, 0.717) is 13.3 Å². The summed E-state index contributed by atoms with van der Waals surface area (Å²) in [4.78, 5) is 15.7. The number of amides is 1. The van der Waals surface area contributed by atoms with E-state index in [9.17, 15) is 4.79 Å². The quantitative estimate of drug-likeness (QED) is 0.355. The Morgan fingerprint density at radius 1 is 1.44 bits per heavy atom. The number of carbonyl (C=O) groups excluding carboxylic acids is 1. The molecule has 0 atom stereocenters. The SMILES string of the molecule is CC(=O)NCCSc1nc2c(ccn2COCC[Si](C)(C)C)cc1Br. The minimum Gasteiger partial charge on any atom is -0.361 e. The van der Waals surface area contributed by atoms with Gasteiger partial charge in [0.1, 0.15) is 17.4 Å². The molecule has 0 spiro atoms. The van der Waals surface area contributed by atoms with E-state index in [-0.39, 0.29) is 5.91 Å². The molecule has 138 valence electrons. The first-order chi connectivity index (χ1) is 11.8. The number of nitrogens with zero attached hydrogens (tertiary/aromatic N) is 2. The second-order valence-corrected chi connectivity index (χ2v) is 14.7. The van der Waals surface area contributed by atoms with Gasteiger partial charge in [-0.2, -0.15) is 0 Å². The number of halogens is 1. The molecular weight excluding hydrogens is 418 g/mol. The first-order valence-corrected chi connectivity index (χ1v) is 13.9. The maximum atomic E-state index is 10.9. The summed E-state index contributed by atoms with van der Waals surface area (Å²) in [5, 5.41) is 4.82. The van der Waals surface area contributed by atoms with Crippen LogP contribution in [0.2, 0.25) is 25.7 Å². The van der Waals surface area contributed by atoms with E-state index in [1.165, 1.54) is 6.92 Å². The molecule has 0 saturated heterocycles. The Kier molecular flexibility index (Phi) is 7.54. The molecule has 0 aliphatic heterocycles. The van der Waals surface area contributed by atoms with Gasteiger partial charge in [0.2, 0.25) is 5.91 Å². The van der Waals surface area contributed by atoms with Gasteiger partial charge >= 0.3 is 0 Å². The van der Waals surface area contributed by atoms with Crippen LogP contribution < -0.4 is 5.32 Å². The topological polar surface area (TPSA) is 56.2 Å². The molecule has 5 nitrogen and oxygen atoms in total. The monoisotopic (exact) mass is 443 g/mol. The maximum Gasteiger partial charge on any atom is 0.216 e. The number of carbonyl (C=O) groups is 1. The highest BCUT2D eigenvalue weighted by Crippen LogP contribution is 2.29. The van der Waals surface area contributed by atoms with Crippen molar-refractivity contribution in [2.75, 3.05) is 18.9 Å². The highest BCUT2D eigenvalue weighted by molar-refractivity contribution is 9.10. The lowest BCUT2D eigenvalue weighted by molar-refractivity contribution is -0.118. The number of hydrogen-bond acceptors (Lipinski definition) is 4. The van der Waals surface area contributed by atoms with Crippen molar-refractivity contribution in [1.82, 2.24) is 14.9 Å². The van der Waals surface area contributed by atoms with Crippen LogP contribution in [0.4, 0.5) is 0 Å². The van der Waals surface area contributed by atoms with Crippen molar-refractivity contribution in [3.8, 4) is 0 Å². The normalized spacial score (nSPS) is 11.9. The molecule has 0 aliphatic carbocycles. The van der Waals surface area contributed by atoms with Crippen molar-refractivity contribution in [1.29, 1.82) is 0 Å². The largest absolute Gasteiger partial charge is 0.361 e. The highest BCUT2D eigenvalue weighted by atomic mass is 79.9. The van der Waals surface area contributed by atoms with E-state index < -0.39 is 8.07 Å². The van der Waals surface area contributed by atoms with Gasteiger partial charge in [-0.1, -0.05) is 19.6 Å². The van der Waals surface area contributed by atoms with E-state index in [2.05, 4.69) is 53.0 Å². The maximum absolute atomic E-state index is 10.9. The Hall–Kier alpha value is -0.833. The molecule has 1 N–H and O–H groups in total. The third-order valence-electron chi connectivity index (χ3n) is 3.60. The summed E-state index contributed by atoms with van der Waals surface area (Å²) < 4.78 is 8.87. The molecular formula is C17H26BrN3O2SSi. The average molecular weight is 444 g/mol. The number of ether oxygens (including phenoxy) is 1. The van der Waals surface area contributed by atoms with Crippen molar-refractivity contribution in [3.05, 3.63) is 22.8 Å². The van der Waals surface area contributed by atoms with Gasteiger partial charge in [0.15, 0.2) is 0 Å². The number of fused-ring (bicyclic) bond motifs is 1. The van der Waals surface area contributed by atoms with E-state index in [1.807, 2.05) is 10.8 Å². The summed E-state index contributed by atoms with van der Waals surface area (Å²) >= 11 is 5.21. The standard InChI is InChI=1S/C17H26BrN3O2SSi/c1-13(22)19-6-9-24-17-15(18)11-14-5-7-21(16(14)20-17)12-23-8-10-25(2,3)4/h5,7,11H,6,8-10,12H2,1-4H3,(H,19,22). The zero-order valence-corrected chi connectivity index (χ0v) is 18.7. The van der Waals surface area contributed by atoms with Crippen molar-refractivity contribution < 1.29 is 9.53 Å². The zero-order valence-electron chi connectivity index (χ0n) is 15.3. The van der Waals surface area contributed by atoms with Crippen molar-refractivity contribution in [3.63, 3.8) is 0 Å². The van der Waals surface area contributed by atoms with Gasteiger partial charge in [-0.05, 0) is 34.1 Å². The molecule has 0 saturated carbocycles. The summed E-state index contributed by atoms with van der Waals surface area (Å²) in [5.74, 6) is 0.775. The van der Waals surface area contributed by atoms with Crippen LogP contribution in [0.3, 0.4) is 0 Å². The van der Waals surface area contributed by atoms with E-state index >= 15 is 0 Å². The molecule has 0 aromatic carbocycles. The average Bonchev–Trinajstić information content (AvgIpc) is 2.89. The molecule has 2 heterocycles. The molecule has 0 bridgehead atoms. The van der Waals surface area contributed by atoms with Crippen LogP contribution in [-0.4, -0.2) is 42.4 Å². The van der Waals surface area contributed by atoms with Crippen LogP contribution in [0.5, 0.6) is 0 Å². The Morgan fingerprint density at radius 2 is 2.20 bits per heavy atom. The predicted molar refractivity (Wildman–Crippen MR) is 111 cm³/mol. The van der Waals surface area contributed by atoms with Gasteiger partial charge in [-0.3, -0.25) is 4.79 Å². The van der Waals surface area contributed by atoms with Crippen LogP contribution in [-0.2, 0) is 16.3 Å². The molecule has 2 aromatic rings. The molecule has 1 amide bonds.